The molecule has 0 N–H and O–H groups in total. The van der Waals surface area contributed by atoms with Crippen LogP contribution in [0.25, 0.3) is 60.4 Å². The molecule has 0 aliphatic heterocycles. The minimum absolute atomic E-state index is 0.0555. The standard InChI is InChI=1S/C44H28N4/c45-27-29-20-25-33(30-21-23-32(24-22-30)47-39-15-5-1-11-34(39)35-12-2-6-16-40(35)47)38(26-29)36-13-3-7-17-41(36)48-42-18-8-4-14-37(42)44-31(28-46)10-9-19-43(44)48/h1-26,36,41H. The van der Waals surface area contributed by atoms with Crippen LogP contribution in [0.1, 0.15) is 28.7 Å². The summed E-state index contributed by atoms with van der Waals surface area (Å²) >= 11 is 0. The molecular formula is C44H28N4. The average Bonchev–Trinajstić information content (AvgIpc) is 3.68. The lowest BCUT2D eigenvalue weighted by molar-refractivity contribution is 0.576. The Morgan fingerprint density at radius 2 is 1.19 bits per heavy atom. The Kier molecular flexibility index (Phi) is 6.35. The first kappa shape index (κ1) is 27.7. The van der Waals surface area contributed by atoms with E-state index in [1.807, 2.05) is 30.3 Å². The van der Waals surface area contributed by atoms with Gasteiger partial charge in [-0.05, 0) is 71.3 Å². The second kappa shape index (κ2) is 11.0. The molecule has 224 valence electrons. The molecular weight excluding hydrogens is 585 g/mol. The highest BCUT2D eigenvalue weighted by Gasteiger charge is 2.28. The van der Waals surface area contributed by atoms with Crippen LogP contribution >= 0.6 is 0 Å². The van der Waals surface area contributed by atoms with Gasteiger partial charge in [0.2, 0.25) is 0 Å². The van der Waals surface area contributed by atoms with Crippen molar-refractivity contribution >= 4 is 43.6 Å². The molecule has 0 fully saturated rings. The summed E-state index contributed by atoms with van der Waals surface area (Å²) in [4.78, 5) is 0. The van der Waals surface area contributed by atoms with Crippen molar-refractivity contribution < 1.29 is 0 Å². The Hall–Kier alpha value is -6.62. The van der Waals surface area contributed by atoms with E-state index in [2.05, 4.69) is 149 Å². The van der Waals surface area contributed by atoms with Gasteiger partial charge in [-0.25, -0.2) is 0 Å². The van der Waals surface area contributed by atoms with Gasteiger partial charge < -0.3 is 9.13 Å². The SMILES string of the molecule is N#Cc1ccc(-c2ccc(-n3c4ccccc4c4ccccc43)cc2)c(C2C=CC=CC2n2c3ccccc3c3c(C#N)cccc32)c1. The Morgan fingerprint density at radius 1 is 0.542 bits per heavy atom. The molecule has 0 saturated carbocycles. The molecule has 0 saturated heterocycles. The highest BCUT2D eigenvalue weighted by atomic mass is 15.0. The minimum Gasteiger partial charge on any atom is -0.332 e. The van der Waals surface area contributed by atoms with Gasteiger partial charge in [-0.15, -0.1) is 0 Å². The van der Waals surface area contributed by atoms with E-state index in [4.69, 9.17) is 0 Å². The molecule has 8 aromatic rings. The lowest BCUT2D eigenvalue weighted by Gasteiger charge is -2.29. The summed E-state index contributed by atoms with van der Waals surface area (Å²) in [6.07, 6.45) is 8.68. The third-order valence-corrected chi connectivity index (χ3v) is 9.82. The Morgan fingerprint density at radius 3 is 1.90 bits per heavy atom. The maximum Gasteiger partial charge on any atom is 0.0998 e. The third kappa shape index (κ3) is 4.14. The van der Waals surface area contributed by atoms with Crippen LogP contribution < -0.4 is 0 Å². The van der Waals surface area contributed by atoms with Gasteiger partial charge >= 0.3 is 0 Å². The van der Waals surface area contributed by atoms with E-state index < -0.39 is 0 Å². The van der Waals surface area contributed by atoms with Crippen LogP contribution in [0.3, 0.4) is 0 Å². The summed E-state index contributed by atoms with van der Waals surface area (Å²) in [5, 5.41) is 24.6. The Bertz CT molecular complexity index is 2650. The van der Waals surface area contributed by atoms with Crippen molar-refractivity contribution in [3.8, 4) is 29.0 Å². The minimum atomic E-state index is -0.0732. The number of hydrogen-bond donors (Lipinski definition) is 0. The van der Waals surface area contributed by atoms with Crippen LogP contribution in [0, 0.1) is 22.7 Å². The molecule has 4 heteroatoms. The van der Waals surface area contributed by atoms with Crippen LogP contribution in [0.2, 0.25) is 0 Å². The van der Waals surface area contributed by atoms with Crippen molar-refractivity contribution in [1.82, 2.24) is 9.13 Å². The van der Waals surface area contributed by atoms with E-state index in [-0.39, 0.29) is 12.0 Å². The summed E-state index contributed by atoms with van der Waals surface area (Å²) in [6.45, 7) is 0. The van der Waals surface area contributed by atoms with Gasteiger partial charge in [0.05, 0.1) is 45.9 Å². The topological polar surface area (TPSA) is 57.4 Å². The van der Waals surface area contributed by atoms with Crippen molar-refractivity contribution in [3.63, 3.8) is 0 Å². The molecule has 48 heavy (non-hydrogen) atoms. The van der Waals surface area contributed by atoms with Gasteiger partial charge in [-0.1, -0.05) is 103 Å². The number of aromatic nitrogens is 2. The molecule has 1 aliphatic rings. The molecule has 2 aromatic heterocycles. The maximum atomic E-state index is 10.0. The molecule has 4 nitrogen and oxygen atoms in total. The summed E-state index contributed by atoms with van der Waals surface area (Å²) in [5.74, 6) is -0.0555. The molecule has 2 unspecified atom stereocenters. The smallest absolute Gasteiger partial charge is 0.0998 e. The molecule has 6 aromatic carbocycles. The van der Waals surface area contributed by atoms with Gasteiger partial charge in [0.25, 0.3) is 0 Å². The molecule has 2 heterocycles. The molecule has 0 bridgehead atoms. The Labute approximate surface area is 277 Å². The number of para-hydroxylation sites is 3. The molecule has 1 aliphatic carbocycles. The van der Waals surface area contributed by atoms with E-state index in [0.717, 1.165) is 44.2 Å². The number of allylic oxidation sites excluding steroid dienone is 4. The molecule has 2 atom stereocenters. The van der Waals surface area contributed by atoms with Crippen molar-refractivity contribution in [3.05, 3.63) is 174 Å². The van der Waals surface area contributed by atoms with Crippen LogP contribution in [-0.4, -0.2) is 9.13 Å². The van der Waals surface area contributed by atoms with E-state index in [1.54, 1.807) is 0 Å². The van der Waals surface area contributed by atoms with E-state index in [0.29, 0.717) is 11.1 Å². The van der Waals surface area contributed by atoms with Crippen LogP contribution in [0.15, 0.2) is 158 Å². The number of nitriles is 2. The van der Waals surface area contributed by atoms with Gasteiger partial charge in [-0.2, -0.15) is 10.5 Å². The number of fused-ring (bicyclic) bond motifs is 6. The van der Waals surface area contributed by atoms with Gasteiger partial charge in [0.15, 0.2) is 0 Å². The lowest BCUT2D eigenvalue weighted by Crippen LogP contribution is -2.17. The van der Waals surface area contributed by atoms with Gasteiger partial charge in [0.1, 0.15) is 0 Å². The maximum absolute atomic E-state index is 10.0. The van der Waals surface area contributed by atoms with Crippen LogP contribution in [0.4, 0.5) is 0 Å². The third-order valence-electron chi connectivity index (χ3n) is 9.82. The summed E-state index contributed by atoms with van der Waals surface area (Å²) in [6, 6.07) is 51.0. The van der Waals surface area contributed by atoms with E-state index in [1.165, 1.54) is 21.8 Å². The van der Waals surface area contributed by atoms with E-state index in [9.17, 15) is 10.5 Å². The monoisotopic (exact) mass is 612 g/mol. The zero-order valence-corrected chi connectivity index (χ0v) is 26.0. The fourth-order valence-corrected chi connectivity index (χ4v) is 7.75. The van der Waals surface area contributed by atoms with Crippen molar-refractivity contribution in [2.24, 2.45) is 0 Å². The summed E-state index contributed by atoms with van der Waals surface area (Å²) < 4.78 is 4.70. The number of nitrogens with zero attached hydrogens (tertiary/aromatic N) is 4. The quantitative estimate of drug-likeness (QED) is 0.199. The zero-order chi connectivity index (χ0) is 32.2. The average molecular weight is 613 g/mol. The van der Waals surface area contributed by atoms with Crippen molar-refractivity contribution in [2.75, 3.05) is 0 Å². The second-order valence-electron chi connectivity index (χ2n) is 12.3. The molecule has 0 radical (unpaired) electrons. The fraction of sp³-hybridized carbons (Fsp3) is 0.0455. The van der Waals surface area contributed by atoms with Crippen molar-refractivity contribution in [2.45, 2.75) is 12.0 Å². The highest BCUT2D eigenvalue weighted by molar-refractivity contribution is 6.11. The van der Waals surface area contributed by atoms with Crippen LogP contribution in [0.5, 0.6) is 0 Å². The van der Waals surface area contributed by atoms with Crippen molar-refractivity contribution in [1.29, 1.82) is 10.5 Å². The first-order valence-electron chi connectivity index (χ1n) is 16.1. The number of benzene rings is 6. The molecule has 0 amide bonds. The molecule has 0 spiro atoms. The first-order chi connectivity index (χ1) is 23.7. The summed E-state index contributed by atoms with van der Waals surface area (Å²) in [5.41, 5.74) is 10.1. The molecule has 9 rings (SSSR count). The predicted octanol–water partition coefficient (Wildman–Crippen LogP) is 10.8. The van der Waals surface area contributed by atoms with Crippen LogP contribution in [-0.2, 0) is 0 Å². The summed E-state index contributed by atoms with van der Waals surface area (Å²) in [7, 11) is 0. The van der Waals surface area contributed by atoms with E-state index >= 15 is 0 Å². The first-order valence-corrected chi connectivity index (χ1v) is 16.1. The number of rotatable bonds is 4. The lowest BCUT2D eigenvalue weighted by atomic mass is 9.82. The Balaban J connectivity index is 1.20. The number of hydrogen-bond acceptors (Lipinski definition) is 2. The second-order valence-corrected chi connectivity index (χ2v) is 12.3. The van der Waals surface area contributed by atoms with Gasteiger partial charge in [0, 0.05) is 38.7 Å². The normalized spacial score (nSPS) is 15.7. The zero-order valence-electron chi connectivity index (χ0n) is 26.0. The predicted molar refractivity (Wildman–Crippen MR) is 195 cm³/mol. The highest BCUT2D eigenvalue weighted by Crippen LogP contribution is 2.44. The largest absolute Gasteiger partial charge is 0.332 e. The fourth-order valence-electron chi connectivity index (χ4n) is 7.75. The van der Waals surface area contributed by atoms with Gasteiger partial charge in [-0.3, -0.25) is 0 Å².